The summed E-state index contributed by atoms with van der Waals surface area (Å²) in [7, 11) is 2.43. The van der Waals surface area contributed by atoms with E-state index in [0.29, 0.717) is 16.4 Å². The number of hydrogen-bond donors (Lipinski definition) is 1. The second kappa shape index (κ2) is 8.44. The highest BCUT2D eigenvalue weighted by atomic mass is 33.2. The normalized spacial score (nSPS) is 21.5. The molecule has 0 radical (unpaired) electrons. The van der Waals surface area contributed by atoms with Crippen LogP contribution in [0.1, 0.15) is 16.9 Å². The van der Waals surface area contributed by atoms with Gasteiger partial charge in [0.05, 0.1) is 24.8 Å². The molecular weight excluding hydrogens is 362 g/mol. The third kappa shape index (κ3) is 4.01. The molecule has 2 heterocycles. The molecule has 1 atom stereocenters. The summed E-state index contributed by atoms with van der Waals surface area (Å²) in [4.78, 5) is 40.2. The molecule has 0 aliphatic carbocycles. The lowest BCUT2D eigenvalue weighted by molar-refractivity contribution is -0.158. The summed E-state index contributed by atoms with van der Waals surface area (Å²) in [5, 5.41) is 2.01. The lowest BCUT2D eigenvalue weighted by atomic mass is 10.1. The van der Waals surface area contributed by atoms with Crippen LogP contribution in [0.4, 0.5) is 0 Å². The molecule has 0 bridgehead atoms. The van der Waals surface area contributed by atoms with Crippen molar-refractivity contribution in [2.75, 3.05) is 26.2 Å². The van der Waals surface area contributed by atoms with Crippen LogP contribution in [-0.4, -0.2) is 48.9 Å². The van der Waals surface area contributed by atoms with Gasteiger partial charge in [0.2, 0.25) is 5.78 Å². The Morgan fingerprint density at radius 2 is 1.92 bits per heavy atom. The van der Waals surface area contributed by atoms with E-state index in [4.69, 9.17) is 9.47 Å². The van der Waals surface area contributed by atoms with Gasteiger partial charge in [-0.3, -0.25) is 14.4 Å². The zero-order chi connectivity index (χ0) is 18.4. The van der Waals surface area contributed by atoms with Crippen molar-refractivity contribution >= 4 is 37.6 Å². The zero-order valence-corrected chi connectivity index (χ0v) is 15.9. The van der Waals surface area contributed by atoms with Gasteiger partial charge in [-0.15, -0.1) is 19.9 Å². The molecule has 0 spiro atoms. The Bertz CT molecular complexity index is 695. The molecule has 136 valence electrons. The highest BCUT2D eigenvalue weighted by Crippen LogP contribution is 2.69. The third-order valence-corrected chi connectivity index (χ3v) is 10.2. The third-order valence-electron chi connectivity index (χ3n) is 3.96. The van der Waals surface area contributed by atoms with Crippen molar-refractivity contribution in [2.45, 2.75) is 6.42 Å². The average molecular weight is 383 g/mol. The van der Waals surface area contributed by atoms with Crippen molar-refractivity contribution in [1.82, 2.24) is 4.98 Å². The van der Waals surface area contributed by atoms with Crippen LogP contribution < -0.4 is 0 Å². The Morgan fingerprint density at radius 3 is 2.44 bits per heavy atom. The monoisotopic (exact) mass is 383 g/mol. The number of allylic oxidation sites excluding steroid dienone is 3. The molecule has 1 unspecified atom stereocenters. The van der Waals surface area contributed by atoms with E-state index in [9.17, 15) is 14.4 Å². The van der Waals surface area contributed by atoms with E-state index in [-0.39, 0.29) is 12.2 Å². The number of esters is 2. The maximum atomic E-state index is 12.8. The van der Waals surface area contributed by atoms with Gasteiger partial charge < -0.3 is 14.5 Å². The fraction of sp³-hybridized carbons (Fsp3) is 0.353. The molecule has 0 saturated carbocycles. The number of aromatic nitrogens is 1. The summed E-state index contributed by atoms with van der Waals surface area (Å²) in [5.74, 6) is -1.77. The van der Waals surface area contributed by atoms with Crippen molar-refractivity contribution in [1.29, 1.82) is 0 Å². The van der Waals surface area contributed by atoms with E-state index in [1.165, 1.54) is 14.2 Å². The molecule has 2 rings (SSSR count). The number of aromatic amines is 1. The van der Waals surface area contributed by atoms with Crippen molar-refractivity contribution in [3.63, 3.8) is 0 Å². The molecule has 1 N–H and O–H groups in total. The van der Waals surface area contributed by atoms with Crippen LogP contribution in [0.5, 0.6) is 0 Å². The molecule has 1 aliphatic rings. The molecule has 0 fully saturated rings. The van der Waals surface area contributed by atoms with Gasteiger partial charge in [-0.25, -0.2) is 0 Å². The Labute approximate surface area is 151 Å². The SMILES string of the molecule is COC(=O)C(CCS1(SC)C=CC=C1C(=O)c1ccc[nH]1)C(=O)OC. The van der Waals surface area contributed by atoms with Crippen LogP contribution in [0, 0.1) is 5.92 Å². The minimum atomic E-state index is -1.63. The maximum Gasteiger partial charge on any atom is 0.320 e. The molecule has 1 aliphatic heterocycles. The molecule has 0 saturated heterocycles. The molecular formula is C17H21NO5S2. The number of hydrogen-bond acceptors (Lipinski definition) is 6. The van der Waals surface area contributed by atoms with Gasteiger partial charge in [-0.1, -0.05) is 6.08 Å². The number of Topliss-reactive ketones (excluding diaryl/α,β-unsaturated/α-hetero) is 1. The van der Waals surface area contributed by atoms with Crippen molar-refractivity contribution in [2.24, 2.45) is 5.92 Å². The number of ether oxygens (including phenoxy) is 2. The lowest BCUT2D eigenvalue weighted by Crippen LogP contribution is -2.28. The minimum absolute atomic E-state index is 0.0629. The number of ketones is 1. The fourth-order valence-corrected chi connectivity index (χ4v) is 7.45. The lowest BCUT2D eigenvalue weighted by Gasteiger charge is -2.34. The highest BCUT2D eigenvalue weighted by Gasteiger charge is 2.37. The molecule has 1 aromatic heterocycles. The number of carbonyl (C=O) groups is 3. The van der Waals surface area contributed by atoms with Crippen molar-refractivity contribution < 1.29 is 23.9 Å². The summed E-state index contributed by atoms with van der Waals surface area (Å²) in [5.41, 5.74) is 0.526. The first kappa shape index (κ1) is 19.4. The van der Waals surface area contributed by atoms with Gasteiger partial charge in [0.1, 0.15) is 0 Å². The summed E-state index contributed by atoms with van der Waals surface area (Å²) in [6.07, 6.45) is 7.59. The predicted octanol–water partition coefficient (Wildman–Crippen LogP) is 3.04. The quantitative estimate of drug-likeness (QED) is 0.321. The number of methoxy groups -OCH3 is 2. The summed E-state index contributed by atoms with van der Waals surface area (Å²) < 4.78 is 9.42. The predicted molar refractivity (Wildman–Crippen MR) is 100 cm³/mol. The number of carbonyl (C=O) groups excluding carboxylic acids is 3. The van der Waals surface area contributed by atoms with E-state index in [1.54, 1.807) is 29.1 Å². The minimum Gasteiger partial charge on any atom is -0.468 e. The van der Waals surface area contributed by atoms with Crippen LogP contribution >= 0.6 is 19.9 Å². The molecule has 0 aromatic carbocycles. The zero-order valence-electron chi connectivity index (χ0n) is 14.3. The first-order valence-corrected chi connectivity index (χ1v) is 11.2. The van der Waals surface area contributed by atoms with Crippen molar-refractivity contribution in [3.8, 4) is 0 Å². The Kier molecular flexibility index (Phi) is 6.55. The van der Waals surface area contributed by atoms with E-state index in [0.717, 1.165) is 0 Å². The number of nitrogens with one attached hydrogen (secondary N) is 1. The van der Waals surface area contributed by atoms with Crippen LogP contribution in [0.15, 0.2) is 40.8 Å². The highest BCUT2D eigenvalue weighted by molar-refractivity contribution is 8.97. The van der Waals surface area contributed by atoms with E-state index < -0.39 is 26.9 Å². The van der Waals surface area contributed by atoms with E-state index in [2.05, 4.69) is 4.98 Å². The summed E-state index contributed by atoms with van der Waals surface area (Å²) in [6, 6.07) is 3.51. The first-order chi connectivity index (χ1) is 12.0. The van der Waals surface area contributed by atoms with Crippen LogP contribution in [0.3, 0.4) is 0 Å². The standard InChI is InChI=1S/C17H21NO5S2/c1-22-16(20)12(17(21)23-2)8-11-25(24-3)10-5-7-14(25)15(19)13-6-4-9-18-13/h4-7,9-10,12,18H,8,11H2,1-3H3. The average Bonchev–Trinajstić information content (AvgIpc) is 3.31. The molecule has 1 aromatic rings. The number of rotatable bonds is 8. The Morgan fingerprint density at radius 1 is 1.24 bits per heavy atom. The summed E-state index contributed by atoms with van der Waals surface area (Å²) in [6.45, 7) is 0. The maximum absolute atomic E-state index is 12.8. The van der Waals surface area contributed by atoms with Gasteiger partial charge in [-0.05, 0) is 42.0 Å². The molecule has 8 heteroatoms. The number of H-pyrrole nitrogens is 1. The van der Waals surface area contributed by atoms with E-state index in [1.807, 2.05) is 23.8 Å². The van der Waals surface area contributed by atoms with Crippen LogP contribution in [0.25, 0.3) is 0 Å². The van der Waals surface area contributed by atoms with Crippen molar-refractivity contribution in [3.05, 3.63) is 46.5 Å². The van der Waals surface area contributed by atoms with Gasteiger partial charge in [0, 0.05) is 6.20 Å². The summed E-state index contributed by atoms with van der Waals surface area (Å²) >= 11 is 0. The first-order valence-electron chi connectivity index (χ1n) is 7.58. The Hall–Kier alpha value is -1.93. The molecule has 25 heavy (non-hydrogen) atoms. The van der Waals surface area contributed by atoms with Crippen LogP contribution in [0.2, 0.25) is 0 Å². The topological polar surface area (TPSA) is 85.5 Å². The Balaban J connectivity index is 2.20. The second-order valence-electron chi connectivity index (χ2n) is 5.26. The van der Waals surface area contributed by atoms with Gasteiger partial charge in [0.25, 0.3) is 0 Å². The van der Waals surface area contributed by atoms with Gasteiger partial charge in [0.15, 0.2) is 5.92 Å². The second-order valence-corrected chi connectivity index (χ2v) is 10.9. The van der Waals surface area contributed by atoms with Gasteiger partial charge in [-0.2, -0.15) is 0 Å². The van der Waals surface area contributed by atoms with Crippen LogP contribution in [-0.2, 0) is 19.1 Å². The molecule has 6 nitrogen and oxygen atoms in total. The van der Waals surface area contributed by atoms with E-state index >= 15 is 0 Å². The van der Waals surface area contributed by atoms with Gasteiger partial charge >= 0.3 is 11.9 Å². The fourth-order valence-electron chi connectivity index (χ4n) is 2.60. The largest absolute Gasteiger partial charge is 0.468 e. The smallest absolute Gasteiger partial charge is 0.320 e. The molecule has 0 amide bonds.